The van der Waals surface area contributed by atoms with E-state index in [-0.39, 0.29) is 5.60 Å². The van der Waals surface area contributed by atoms with Crippen molar-refractivity contribution in [2.75, 3.05) is 13.1 Å². The molecule has 2 aliphatic rings. The van der Waals surface area contributed by atoms with Gasteiger partial charge >= 0.3 is 0 Å². The standard InChI is InChI=1S/C13H16ClNO/c1-13-5-6-15-7-11(13)9-3-2-4-12(14)10(9)8-16-13/h2-4,11,15H,5-8H2,1H3. The minimum atomic E-state index is -0.0110. The molecular weight excluding hydrogens is 222 g/mol. The van der Waals surface area contributed by atoms with Crippen molar-refractivity contribution in [3.05, 3.63) is 34.3 Å². The first-order valence-corrected chi connectivity index (χ1v) is 6.20. The molecule has 0 radical (unpaired) electrons. The van der Waals surface area contributed by atoms with Gasteiger partial charge in [0.1, 0.15) is 0 Å². The molecule has 0 aliphatic carbocycles. The summed E-state index contributed by atoms with van der Waals surface area (Å²) in [7, 11) is 0. The van der Waals surface area contributed by atoms with Crippen LogP contribution in [0.5, 0.6) is 0 Å². The van der Waals surface area contributed by atoms with Gasteiger partial charge in [-0.1, -0.05) is 23.7 Å². The number of halogens is 1. The molecule has 1 N–H and O–H groups in total. The summed E-state index contributed by atoms with van der Waals surface area (Å²) < 4.78 is 6.05. The molecule has 3 heteroatoms. The molecular formula is C13H16ClNO. The fourth-order valence-corrected chi connectivity index (χ4v) is 3.11. The third-order valence-corrected chi connectivity index (χ3v) is 4.31. The Morgan fingerprint density at radius 1 is 1.50 bits per heavy atom. The minimum Gasteiger partial charge on any atom is -0.370 e. The van der Waals surface area contributed by atoms with Crippen molar-refractivity contribution in [1.82, 2.24) is 5.32 Å². The quantitative estimate of drug-likeness (QED) is 0.749. The average Bonchev–Trinajstić information content (AvgIpc) is 2.28. The molecule has 2 heterocycles. The van der Waals surface area contributed by atoms with E-state index >= 15 is 0 Å². The zero-order chi connectivity index (χ0) is 11.2. The predicted molar refractivity (Wildman–Crippen MR) is 64.9 cm³/mol. The maximum absolute atomic E-state index is 6.22. The van der Waals surface area contributed by atoms with Gasteiger partial charge in [-0.15, -0.1) is 0 Å². The third kappa shape index (κ3) is 1.48. The highest BCUT2D eigenvalue weighted by molar-refractivity contribution is 6.31. The van der Waals surface area contributed by atoms with Crippen LogP contribution >= 0.6 is 11.6 Å². The topological polar surface area (TPSA) is 21.3 Å². The summed E-state index contributed by atoms with van der Waals surface area (Å²) in [5.74, 6) is 0.434. The van der Waals surface area contributed by atoms with Gasteiger partial charge in [-0.25, -0.2) is 0 Å². The van der Waals surface area contributed by atoms with Crippen molar-refractivity contribution >= 4 is 11.6 Å². The Labute approximate surface area is 101 Å². The summed E-state index contributed by atoms with van der Waals surface area (Å²) in [6, 6.07) is 6.18. The molecule has 2 nitrogen and oxygen atoms in total. The summed E-state index contributed by atoms with van der Waals surface area (Å²) in [6.07, 6.45) is 1.07. The number of hydrogen-bond acceptors (Lipinski definition) is 2. The highest BCUT2D eigenvalue weighted by Crippen LogP contribution is 2.43. The SMILES string of the molecule is CC12CCNCC1c1cccc(Cl)c1CO2. The lowest BCUT2D eigenvalue weighted by atomic mass is 9.75. The molecule has 0 amide bonds. The van der Waals surface area contributed by atoms with Crippen LogP contribution in [0.25, 0.3) is 0 Å². The van der Waals surface area contributed by atoms with Gasteiger partial charge in [-0.2, -0.15) is 0 Å². The zero-order valence-corrected chi connectivity index (χ0v) is 10.2. The van der Waals surface area contributed by atoms with Crippen molar-refractivity contribution in [2.24, 2.45) is 0 Å². The van der Waals surface area contributed by atoms with Crippen LogP contribution in [0.3, 0.4) is 0 Å². The summed E-state index contributed by atoms with van der Waals surface area (Å²) >= 11 is 6.22. The van der Waals surface area contributed by atoms with Gasteiger partial charge in [0.2, 0.25) is 0 Å². The fourth-order valence-electron chi connectivity index (χ4n) is 2.88. The summed E-state index contributed by atoms with van der Waals surface area (Å²) in [6.45, 7) is 4.91. The summed E-state index contributed by atoms with van der Waals surface area (Å²) in [5.41, 5.74) is 2.53. The van der Waals surface area contributed by atoms with Crippen LogP contribution in [0.4, 0.5) is 0 Å². The van der Waals surface area contributed by atoms with Crippen LogP contribution in [0.1, 0.15) is 30.4 Å². The van der Waals surface area contributed by atoms with E-state index in [9.17, 15) is 0 Å². The smallest absolute Gasteiger partial charge is 0.0751 e. The van der Waals surface area contributed by atoms with Crippen LogP contribution in [0.15, 0.2) is 18.2 Å². The fraction of sp³-hybridized carbons (Fsp3) is 0.538. The average molecular weight is 238 g/mol. The third-order valence-electron chi connectivity index (χ3n) is 3.96. The van der Waals surface area contributed by atoms with E-state index in [1.807, 2.05) is 12.1 Å². The van der Waals surface area contributed by atoms with Crippen molar-refractivity contribution in [3.8, 4) is 0 Å². The molecule has 1 saturated heterocycles. The van der Waals surface area contributed by atoms with E-state index < -0.39 is 0 Å². The predicted octanol–water partition coefficient (Wildman–Crippen LogP) is 2.71. The number of rotatable bonds is 0. The first kappa shape index (κ1) is 10.6. The number of piperidine rings is 1. The summed E-state index contributed by atoms with van der Waals surface area (Å²) in [4.78, 5) is 0. The van der Waals surface area contributed by atoms with Crippen LogP contribution in [-0.4, -0.2) is 18.7 Å². The van der Waals surface area contributed by atoms with Crippen LogP contribution in [-0.2, 0) is 11.3 Å². The largest absolute Gasteiger partial charge is 0.370 e. The molecule has 0 bridgehead atoms. The molecule has 0 saturated carbocycles. The van der Waals surface area contributed by atoms with Gasteiger partial charge in [-0.05, 0) is 37.1 Å². The second-order valence-corrected chi connectivity index (χ2v) is 5.32. The molecule has 2 atom stereocenters. The Kier molecular flexibility index (Phi) is 2.46. The molecule has 2 aliphatic heterocycles. The van der Waals surface area contributed by atoms with E-state index in [1.54, 1.807) is 0 Å². The number of benzene rings is 1. The highest BCUT2D eigenvalue weighted by atomic mass is 35.5. The van der Waals surface area contributed by atoms with Gasteiger partial charge < -0.3 is 10.1 Å². The Balaban J connectivity index is 2.08. The van der Waals surface area contributed by atoms with Crippen LogP contribution < -0.4 is 5.32 Å². The second-order valence-electron chi connectivity index (χ2n) is 4.92. The lowest BCUT2D eigenvalue weighted by Gasteiger charge is -2.46. The number of nitrogens with one attached hydrogen (secondary N) is 1. The Morgan fingerprint density at radius 2 is 2.38 bits per heavy atom. The van der Waals surface area contributed by atoms with Crippen LogP contribution in [0.2, 0.25) is 5.02 Å². The van der Waals surface area contributed by atoms with E-state index in [4.69, 9.17) is 16.3 Å². The number of hydrogen-bond donors (Lipinski definition) is 1. The molecule has 86 valence electrons. The second kappa shape index (κ2) is 3.73. The Hall–Kier alpha value is -0.570. The number of fused-ring (bicyclic) bond motifs is 3. The van der Waals surface area contributed by atoms with Crippen molar-refractivity contribution < 1.29 is 4.74 Å². The number of ether oxygens (including phenoxy) is 1. The molecule has 0 spiro atoms. The Bertz CT molecular complexity index is 420. The first-order valence-electron chi connectivity index (χ1n) is 5.83. The van der Waals surface area contributed by atoms with E-state index in [0.29, 0.717) is 12.5 Å². The molecule has 1 fully saturated rings. The van der Waals surface area contributed by atoms with Gasteiger partial charge in [0.15, 0.2) is 0 Å². The summed E-state index contributed by atoms with van der Waals surface area (Å²) in [5, 5.41) is 4.28. The van der Waals surface area contributed by atoms with E-state index in [2.05, 4.69) is 18.3 Å². The highest BCUT2D eigenvalue weighted by Gasteiger charge is 2.42. The lowest BCUT2D eigenvalue weighted by molar-refractivity contribution is -0.0888. The molecule has 1 aromatic rings. The maximum atomic E-state index is 6.22. The van der Waals surface area contributed by atoms with E-state index in [1.165, 1.54) is 11.1 Å². The van der Waals surface area contributed by atoms with Gasteiger partial charge in [0, 0.05) is 17.5 Å². The van der Waals surface area contributed by atoms with Gasteiger partial charge in [0.25, 0.3) is 0 Å². The molecule has 16 heavy (non-hydrogen) atoms. The Morgan fingerprint density at radius 3 is 3.25 bits per heavy atom. The maximum Gasteiger partial charge on any atom is 0.0751 e. The zero-order valence-electron chi connectivity index (χ0n) is 9.42. The molecule has 3 rings (SSSR count). The monoisotopic (exact) mass is 237 g/mol. The van der Waals surface area contributed by atoms with Gasteiger partial charge in [0.05, 0.1) is 12.2 Å². The van der Waals surface area contributed by atoms with Crippen LogP contribution in [0, 0.1) is 0 Å². The van der Waals surface area contributed by atoms with Crippen molar-refractivity contribution in [2.45, 2.75) is 31.5 Å². The minimum absolute atomic E-state index is 0.0110. The van der Waals surface area contributed by atoms with Gasteiger partial charge in [-0.3, -0.25) is 0 Å². The molecule has 1 aromatic carbocycles. The first-order chi connectivity index (χ1) is 7.71. The van der Waals surface area contributed by atoms with Crippen molar-refractivity contribution in [3.63, 3.8) is 0 Å². The molecule has 2 unspecified atom stereocenters. The van der Waals surface area contributed by atoms with Crippen molar-refractivity contribution in [1.29, 1.82) is 0 Å². The van der Waals surface area contributed by atoms with E-state index in [0.717, 1.165) is 24.5 Å². The lowest BCUT2D eigenvalue weighted by Crippen LogP contribution is -2.50. The normalized spacial score (nSPS) is 33.0. The molecule has 0 aromatic heterocycles.